The molecule has 1 heterocycles. The summed E-state index contributed by atoms with van der Waals surface area (Å²) in [5.41, 5.74) is 0.612. The normalized spacial score (nSPS) is 15.5. The van der Waals surface area contributed by atoms with Gasteiger partial charge in [0.05, 0.1) is 11.4 Å². The number of nitrogens with one attached hydrogen (secondary N) is 1. The summed E-state index contributed by atoms with van der Waals surface area (Å²) in [5.74, 6) is 0.415. The quantitative estimate of drug-likeness (QED) is 0.819. The fourth-order valence-electron chi connectivity index (χ4n) is 2.03. The average Bonchev–Trinajstić information content (AvgIpc) is 2.53. The number of halogens is 1. The molecule has 1 aromatic heterocycles. The van der Waals surface area contributed by atoms with Crippen molar-refractivity contribution in [3.8, 4) is 0 Å². The van der Waals surface area contributed by atoms with Crippen molar-refractivity contribution >= 4 is 21.6 Å². The maximum atomic E-state index is 12.5. The van der Waals surface area contributed by atoms with Gasteiger partial charge in [0.25, 0.3) is 0 Å². The Morgan fingerprint density at radius 2 is 2.00 bits per heavy atom. The van der Waals surface area contributed by atoms with Gasteiger partial charge in [0.1, 0.15) is 4.90 Å². The van der Waals surface area contributed by atoms with Gasteiger partial charge in [0, 0.05) is 18.5 Å². The van der Waals surface area contributed by atoms with Crippen LogP contribution in [-0.2, 0) is 17.1 Å². The second-order valence-electron chi connectivity index (χ2n) is 5.08. The van der Waals surface area contributed by atoms with Crippen molar-refractivity contribution < 1.29 is 8.42 Å². The molecule has 0 saturated heterocycles. The lowest BCUT2D eigenvalue weighted by atomic mass is 9.97. The Morgan fingerprint density at radius 1 is 1.42 bits per heavy atom. The highest BCUT2D eigenvalue weighted by Crippen LogP contribution is 2.23. The second-order valence-corrected chi connectivity index (χ2v) is 7.08. The van der Waals surface area contributed by atoms with Crippen molar-refractivity contribution in [2.24, 2.45) is 7.05 Å². The molecule has 0 aliphatic rings. The maximum absolute atomic E-state index is 12.5. The van der Waals surface area contributed by atoms with Crippen molar-refractivity contribution in [2.75, 3.05) is 5.88 Å². The first kappa shape index (κ1) is 16.5. The smallest absolute Gasteiger partial charge is 0.244 e. The first-order chi connectivity index (χ1) is 8.67. The average molecular weight is 308 g/mol. The molecule has 1 rings (SSSR count). The lowest BCUT2D eigenvalue weighted by Gasteiger charge is -2.28. The number of sulfonamides is 1. The molecule has 0 amide bonds. The molecule has 0 fully saturated rings. The van der Waals surface area contributed by atoms with E-state index in [1.54, 1.807) is 25.6 Å². The third kappa shape index (κ3) is 3.49. The molecule has 0 spiro atoms. The molecular formula is C12H22ClN3O2S. The highest BCUT2D eigenvalue weighted by molar-refractivity contribution is 7.89. The van der Waals surface area contributed by atoms with Gasteiger partial charge < -0.3 is 0 Å². The SMILES string of the molecule is CCC(C)(CCCl)NS(=O)(=O)c1c(C)nn(C)c1C. The molecule has 0 bridgehead atoms. The van der Waals surface area contributed by atoms with Crippen LogP contribution in [-0.4, -0.2) is 29.6 Å². The minimum atomic E-state index is -3.58. The minimum Gasteiger partial charge on any atom is -0.271 e. The van der Waals surface area contributed by atoms with Crippen molar-refractivity contribution in [2.45, 2.75) is 51.0 Å². The third-order valence-corrected chi connectivity index (χ3v) is 5.60. The molecule has 5 nitrogen and oxygen atoms in total. The van der Waals surface area contributed by atoms with Crippen molar-refractivity contribution in [3.05, 3.63) is 11.4 Å². The van der Waals surface area contributed by atoms with Crippen molar-refractivity contribution in [1.82, 2.24) is 14.5 Å². The van der Waals surface area contributed by atoms with Crippen LogP contribution in [0.4, 0.5) is 0 Å². The Morgan fingerprint density at radius 3 is 2.37 bits per heavy atom. The number of rotatable bonds is 6. The highest BCUT2D eigenvalue weighted by Gasteiger charge is 2.32. The van der Waals surface area contributed by atoms with E-state index < -0.39 is 15.6 Å². The van der Waals surface area contributed by atoms with Gasteiger partial charge in [-0.3, -0.25) is 4.68 Å². The van der Waals surface area contributed by atoms with Gasteiger partial charge in [-0.05, 0) is 33.6 Å². The molecule has 1 N–H and O–H groups in total. The molecule has 1 unspecified atom stereocenters. The van der Waals surface area contributed by atoms with E-state index in [4.69, 9.17) is 11.6 Å². The Balaban J connectivity index is 3.18. The van der Waals surface area contributed by atoms with Crippen LogP contribution in [0, 0.1) is 13.8 Å². The van der Waals surface area contributed by atoms with E-state index in [2.05, 4.69) is 9.82 Å². The summed E-state index contributed by atoms with van der Waals surface area (Å²) < 4.78 is 29.4. The predicted octanol–water partition coefficient (Wildman–Crippen LogP) is 2.11. The zero-order valence-corrected chi connectivity index (χ0v) is 13.7. The third-order valence-electron chi connectivity index (χ3n) is 3.52. The Bertz CT molecular complexity index is 554. The van der Waals surface area contributed by atoms with Crippen LogP contribution < -0.4 is 4.72 Å². The number of hydrogen-bond donors (Lipinski definition) is 1. The zero-order valence-electron chi connectivity index (χ0n) is 12.1. The number of aromatic nitrogens is 2. The summed E-state index contributed by atoms with van der Waals surface area (Å²) in [7, 11) is -1.85. The Labute approximate surface area is 120 Å². The molecule has 0 aromatic carbocycles. The number of nitrogens with zero attached hydrogens (tertiary/aromatic N) is 2. The van der Waals surface area contributed by atoms with E-state index in [1.165, 1.54) is 0 Å². The largest absolute Gasteiger partial charge is 0.271 e. The number of alkyl halides is 1. The fraction of sp³-hybridized carbons (Fsp3) is 0.750. The summed E-state index contributed by atoms with van der Waals surface area (Å²) in [6, 6.07) is 0. The van der Waals surface area contributed by atoms with Crippen LogP contribution in [0.1, 0.15) is 38.1 Å². The van der Waals surface area contributed by atoms with Crippen LogP contribution in [0.5, 0.6) is 0 Å². The second kappa shape index (κ2) is 5.81. The maximum Gasteiger partial charge on any atom is 0.244 e. The summed E-state index contributed by atoms with van der Waals surface area (Å²) in [6.07, 6.45) is 1.26. The topological polar surface area (TPSA) is 64.0 Å². The van der Waals surface area contributed by atoms with E-state index in [9.17, 15) is 8.42 Å². The molecule has 0 aliphatic carbocycles. The first-order valence-corrected chi connectivity index (χ1v) is 8.29. The van der Waals surface area contributed by atoms with Gasteiger partial charge in [-0.1, -0.05) is 6.92 Å². The van der Waals surface area contributed by atoms with Gasteiger partial charge >= 0.3 is 0 Å². The van der Waals surface area contributed by atoms with Crippen LogP contribution >= 0.6 is 11.6 Å². The van der Waals surface area contributed by atoms with Gasteiger partial charge in [0.15, 0.2) is 0 Å². The summed E-state index contributed by atoms with van der Waals surface area (Å²) in [6.45, 7) is 7.26. The van der Waals surface area contributed by atoms with Crippen LogP contribution in [0.25, 0.3) is 0 Å². The summed E-state index contributed by atoms with van der Waals surface area (Å²) in [5, 5.41) is 4.15. The van der Waals surface area contributed by atoms with E-state index in [1.807, 2.05) is 13.8 Å². The van der Waals surface area contributed by atoms with Gasteiger partial charge in [-0.25, -0.2) is 13.1 Å². The number of aryl methyl sites for hydroxylation is 2. The van der Waals surface area contributed by atoms with Gasteiger partial charge in [0.2, 0.25) is 10.0 Å². The Kier molecular flexibility index (Phi) is 5.03. The summed E-state index contributed by atoms with van der Waals surface area (Å²) in [4.78, 5) is 0.268. The van der Waals surface area contributed by atoms with E-state index in [0.717, 1.165) is 0 Å². The predicted molar refractivity (Wildman–Crippen MR) is 77.0 cm³/mol. The van der Waals surface area contributed by atoms with Crippen molar-refractivity contribution in [1.29, 1.82) is 0 Å². The monoisotopic (exact) mass is 307 g/mol. The molecule has 110 valence electrons. The summed E-state index contributed by atoms with van der Waals surface area (Å²) >= 11 is 5.75. The first-order valence-electron chi connectivity index (χ1n) is 6.27. The number of hydrogen-bond acceptors (Lipinski definition) is 3. The lowest BCUT2D eigenvalue weighted by molar-refractivity contribution is 0.390. The van der Waals surface area contributed by atoms with E-state index in [0.29, 0.717) is 30.1 Å². The molecule has 0 saturated carbocycles. The van der Waals surface area contributed by atoms with E-state index >= 15 is 0 Å². The zero-order chi connectivity index (χ0) is 14.8. The molecule has 1 aromatic rings. The Hall–Kier alpha value is -0.590. The van der Waals surface area contributed by atoms with Crippen LogP contribution in [0.15, 0.2) is 4.90 Å². The molecule has 1 atom stereocenters. The standard InChI is InChI=1S/C12H22ClN3O2S/c1-6-12(4,7-8-13)15-19(17,18)11-9(2)14-16(5)10(11)3/h15H,6-8H2,1-5H3. The van der Waals surface area contributed by atoms with Crippen LogP contribution in [0.3, 0.4) is 0 Å². The lowest BCUT2D eigenvalue weighted by Crippen LogP contribution is -2.46. The molecule has 7 heteroatoms. The molecular weight excluding hydrogens is 286 g/mol. The van der Waals surface area contributed by atoms with Crippen LogP contribution in [0.2, 0.25) is 0 Å². The molecule has 0 radical (unpaired) electrons. The molecule has 0 aliphatic heterocycles. The highest BCUT2D eigenvalue weighted by atomic mass is 35.5. The minimum absolute atomic E-state index is 0.268. The van der Waals surface area contributed by atoms with Crippen molar-refractivity contribution in [3.63, 3.8) is 0 Å². The molecule has 19 heavy (non-hydrogen) atoms. The van der Waals surface area contributed by atoms with E-state index in [-0.39, 0.29) is 4.90 Å². The fourth-order valence-corrected chi connectivity index (χ4v) is 4.39. The van der Waals surface area contributed by atoms with Gasteiger partial charge in [-0.2, -0.15) is 5.10 Å². The van der Waals surface area contributed by atoms with Gasteiger partial charge in [-0.15, -0.1) is 11.6 Å².